The average Bonchev–Trinajstić information content (AvgIpc) is 2.59. The van der Waals surface area contributed by atoms with Crippen LogP contribution in [0, 0.1) is 0 Å². The molecular formula is C12H11NO6. The molecule has 0 aliphatic carbocycles. The molecule has 0 saturated heterocycles. The molecule has 1 aromatic rings. The van der Waals surface area contributed by atoms with Crippen molar-refractivity contribution in [2.75, 3.05) is 0 Å². The normalized spacial score (nSPS) is 17.4. The summed E-state index contributed by atoms with van der Waals surface area (Å²) in [6.45, 7) is 2.80. The first-order valence-corrected chi connectivity index (χ1v) is 5.46. The highest BCUT2D eigenvalue weighted by atomic mass is 16.5. The Bertz CT molecular complexity index is 642. The van der Waals surface area contributed by atoms with Crippen LogP contribution < -0.4 is 15.5 Å². The van der Waals surface area contributed by atoms with E-state index in [0.29, 0.717) is 0 Å². The number of hydrogen-bond acceptors (Lipinski definition) is 6. The van der Waals surface area contributed by atoms with Gasteiger partial charge in [0.15, 0.2) is 17.7 Å². The highest BCUT2D eigenvalue weighted by Crippen LogP contribution is 2.27. The Labute approximate surface area is 107 Å². The Hall–Kier alpha value is -2.41. The summed E-state index contributed by atoms with van der Waals surface area (Å²) in [7, 11) is 0. The van der Waals surface area contributed by atoms with E-state index < -0.39 is 23.5 Å². The number of aliphatic hydroxyl groups excluding tert-OH is 1. The van der Waals surface area contributed by atoms with Crippen molar-refractivity contribution in [1.82, 2.24) is 5.32 Å². The van der Waals surface area contributed by atoms with E-state index in [1.165, 1.54) is 6.08 Å². The van der Waals surface area contributed by atoms with Crippen LogP contribution in [0.5, 0.6) is 5.75 Å². The minimum Gasteiger partial charge on any atom is -0.452 e. The fourth-order valence-electron chi connectivity index (χ4n) is 1.72. The fraction of sp³-hybridized carbons (Fsp3) is 0.250. The van der Waals surface area contributed by atoms with E-state index in [1.807, 2.05) is 0 Å². The smallest absolute Gasteiger partial charge is 0.308 e. The number of esters is 1. The predicted octanol–water partition coefficient (Wildman–Crippen LogP) is 0.333. The van der Waals surface area contributed by atoms with Crippen molar-refractivity contribution in [3.05, 3.63) is 33.4 Å². The zero-order chi connectivity index (χ0) is 14.2. The number of carbonyl (C=O) groups is 2. The molecule has 1 atom stereocenters. The van der Waals surface area contributed by atoms with Crippen molar-refractivity contribution in [3.8, 4) is 5.75 Å². The summed E-state index contributed by atoms with van der Waals surface area (Å²) in [4.78, 5) is 34.6. The standard InChI is InChI=1S/C12H11NO6/c1-3-4-6-9(18-5(2)14)8(15)7-10(19-6)12(17)13-11(7)16/h3-4,12,17H,1-2H3,(H,13,16)/b4-3+/t12-/m1/s1. The maximum absolute atomic E-state index is 12.1. The Morgan fingerprint density at radius 2 is 2.16 bits per heavy atom. The number of fused-ring (bicyclic) bond motifs is 1. The maximum Gasteiger partial charge on any atom is 0.308 e. The van der Waals surface area contributed by atoms with Crippen LogP contribution in [-0.4, -0.2) is 17.0 Å². The van der Waals surface area contributed by atoms with Crippen LogP contribution in [0.4, 0.5) is 0 Å². The topological polar surface area (TPSA) is 106 Å². The quantitative estimate of drug-likeness (QED) is 0.746. The van der Waals surface area contributed by atoms with Gasteiger partial charge in [-0.25, -0.2) is 0 Å². The lowest BCUT2D eigenvalue weighted by molar-refractivity contribution is -0.132. The molecule has 1 amide bonds. The van der Waals surface area contributed by atoms with Gasteiger partial charge in [0, 0.05) is 6.92 Å². The molecule has 2 heterocycles. The molecule has 2 rings (SSSR count). The van der Waals surface area contributed by atoms with Crippen molar-refractivity contribution in [1.29, 1.82) is 0 Å². The third-order valence-electron chi connectivity index (χ3n) is 2.43. The zero-order valence-electron chi connectivity index (χ0n) is 10.2. The van der Waals surface area contributed by atoms with Gasteiger partial charge in [-0.3, -0.25) is 14.4 Å². The molecule has 100 valence electrons. The van der Waals surface area contributed by atoms with Gasteiger partial charge >= 0.3 is 5.97 Å². The van der Waals surface area contributed by atoms with Gasteiger partial charge in [-0.15, -0.1) is 0 Å². The SMILES string of the molecule is C/C=C/c1oc2c(c(=O)c1OC(C)=O)C(=O)N[C@@H]2O. The Morgan fingerprint density at radius 3 is 2.74 bits per heavy atom. The lowest BCUT2D eigenvalue weighted by Crippen LogP contribution is -2.23. The summed E-state index contributed by atoms with van der Waals surface area (Å²) in [6, 6.07) is 0. The molecule has 0 spiro atoms. The molecule has 0 unspecified atom stereocenters. The van der Waals surface area contributed by atoms with Crippen LogP contribution in [0.3, 0.4) is 0 Å². The minimum atomic E-state index is -1.38. The molecule has 0 radical (unpaired) electrons. The highest BCUT2D eigenvalue weighted by Gasteiger charge is 2.35. The van der Waals surface area contributed by atoms with Crippen LogP contribution in [-0.2, 0) is 4.79 Å². The van der Waals surface area contributed by atoms with E-state index in [2.05, 4.69) is 5.32 Å². The Balaban J connectivity index is 2.73. The van der Waals surface area contributed by atoms with Crippen molar-refractivity contribution in [2.45, 2.75) is 20.1 Å². The summed E-state index contributed by atoms with van der Waals surface area (Å²) < 4.78 is 10.0. The number of aliphatic hydroxyl groups is 1. The first kappa shape index (κ1) is 13.0. The second-order valence-corrected chi connectivity index (χ2v) is 3.83. The molecule has 0 saturated carbocycles. The lowest BCUT2D eigenvalue weighted by Gasteiger charge is -2.07. The first-order chi connectivity index (χ1) is 8.95. The van der Waals surface area contributed by atoms with E-state index >= 15 is 0 Å². The molecule has 0 aromatic carbocycles. The van der Waals surface area contributed by atoms with E-state index in [9.17, 15) is 19.5 Å². The van der Waals surface area contributed by atoms with Gasteiger partial charge in [-0.2, -0.15) is 0 Å². The van der Waals surface area contributed by atoms with Crippen LogP contribution in [0.1, 0.15) is 42.0 Å². The van der Waals surface area contributed by atoms with Crippen molar-refractivity contribution in [3.63, 3.8) is 0 Å². The predicted molar refractivity (Wildman–Crippen MR) is 63.4 cm³/mol. The number of allylic oxidation sites excluding steroid dienone is 1. The van der Waals surface area contributed by atoms with Crippen LogP contribution in [0.15, 0.2) is 15.3 Å². The van der Waals surface area contributed by atoms with Gasteiger partial charge < -0.3 is 19.6 Å². The maximum atomic E-state index is 12.1. The van der Waals surface area contributed by atoms with Gasteiger partial charge in [-0.05, 0) is 13.0 Å². The first-order valence-electron chi connectivity index (χ1n) is 5.46. The van der Waals surface area contributed by atoms with E-state index in [1.54, 1.807) is 13.0 Å². The highest BCUT2D eigenvalue weighted by molar-refractivity contribution is 5.98. The molecule has 2 N–H and O–H groups in total. The summed E-state index contributed by atoms with van der Waals surface area (Å²) in [5, 5.41) is 11.7. The van der Waals surface area contributed by atoms with Crippen molar-refractivity contribution in [2.24, 2.45) is 0 Å². The number of hydrogen-bond donors (Lipinski definition) is 2. The number of carbonyl (C=O) groups excluding carboxylic acids is 2. The van der Waals surface area contributed by atoms with Crippen LogP contribution >= 0.6 is 0 Å². The lowest BCUT2D eigenvalue weighted by atomic mass is 10.2. The third-order valence-corrected chi connectivity index (χ3v) is 2.43. The summed E-state index contributed by atoms with van der Waals surface area (Å²) >= 11 is 0. The number of ether oxygens (including phenoxy) is 1. The van der Waals surface area contributed by atoms with Crippen molar-refractivity contribution < 1.29 is 23.8 Å². The van der Waals surface area contributed by atoms with E-state index in [4.69, 9.17) is 9.15 Å². The molecule has 1 aromatic heterocycles. The molecule has 1 aliphatic rings. The van der Waals surface area contributed by atoms with Gasteiger partial charge in [0.1, 0.15) is 5.56 Å². The number of rotatable bonds is 2. The Kier molecular flexibility index (Phi) is 3.22. The van der Waals surface area contributed by atoms with Gasteiger partial charge in [0.25, 0.3) is 5.91 Å². The summed E-state index contributed by atoms with van der Waals surface area (Å²) in [6.07, 6.45) is 1.58. The van der Waals surface area contributed by atoms with Gasteiger partial charge in [-0.1, -0.05) is 6.08 Å². The molecule has 7 heteroatoms. The molecule has 0 bridgehead atoms. The molecule has 0 fully saturated rings. The molecule has 19 heavy (non-hydrogen) atoms. The van der Waals surface area contributed by atoms with Gasteiger partial charge in [0.05, 0.1) is 0 Å². The second kappa shape index (κ2) is 4.69. The molecular weight excluding hydrogens is 254 g/mol. The molecule has 1 aliphatic heterocycles. The minimum absolute atomic E-state index is 0.0306. The average molecular weight is 265 g/mol. The zero-order valence-corrected chi connectivity index (χ0v) is 10.2. The van der Waals surface area contributed by atoms with Gasteiger partial charge in [0.2, 0.25) is 11.2 Å². The van der Waals surface area contributed by atoms with Crippen molar-refractivity contribution >= 4 is 18.0 Å². The van der Waals surface area contributed by atoms with E-state index in [-0.39, 0.29) is 22.8 Å². The van der Waals surface area contributed by atoms with Crippen LogP contribution in [0.2, 0.25) is 0 Å². The Morgan fingerprint density at radius 1 is 1.47 bits per heavy atom. The largest absolute Gasteiger partial charge is 0.452 e. The second-order valence-electron chi connectivity index (χ2n) is 3.83. The number of nitrogens with one attached hydrogen (secondary N) is 1. The fourth-order valence-corrected chi connectivity index (χ4v) is 1.72. The summed E-state index contributed by atoms with van der Waals surface area (Å²) in [5.74, 6) is -2.06. The molecule has 7 nitrogen and oxygen atoms in total. The summed E-state index contributed by atoms with van der Waals surface area (Å²) in [5.41, 5.74) is -1.14. The number of amides is 1. The van der Waals surface area contributed by atoms with Crippen LogP contribution in [0.25, 0.3) is 6.08 Å². The monoisotopic (exact) mass is 265 g/mol. The third kappa shape index (κ3) is 2.15. The van der Waals surface area contributed by atoms with E-state index in [0.717, 1.165) is 6.92 Å².